The highest BCUT2D eigenvalue weighted by Crippen LogP contribution is 2.34. The van der Waals surface area contributed by atoms with E-state index in [4.69, 9.17) is 0 Å². The fourth-order valence-corrected chi connectivity index (χ4v) is 4.14. The van der Waals surface area contributed by atoms with Gasteiger partial charge in [-0.1, -0.05) is 15.9 Å². The Kier molecular flexibility index (Phi) is 5.45. The van der Waals surface area contributed by atoms with Crippen molar-refractivity contribution >= 4 is 31.9 Å². The smallest absolute Gasteiger partial charge is 0.404 e. The van der Waals surface area contributed by atoms with E-state index in [1.807, 2.05) is 0 Å². The van der Waals surface area contributed by atoms with Gasteiger partial charge in [0.25, 0.3) is 0 Å². The number of amides is 1. The third-order valence-electron chi connectivity index (χ3n) is 3.43. The zero-order chi connectivity index (χ0) is 18.1. The summed E-state index contributed by atoms with van der Waals surface area (Å²) in [6.07, 6.45) is -5.02. The second-order valence-electron chi connectivity index (χ2n) is 5.05. The van der Waals surface area contributed by atoms with Gasteiger partial charge in [-0.3, -0.25) is 4.79 Å². The maximum absolute atomic E-state index is 12.6. The summed E-state index contributed by atoms with van der Waals surface area (Å²) in [6, 6.07) is 3.33. The Balaban J connectivity index is 2.31. The Morgan fingerprint density at radius 3 is 2.29 bits per heavy atom. The van der Waals surface area contributed by atoms with E-state index >= 15 is 0 Å². The molecule has 1 fully saturated rings. The van der Waals surface area contributed by atoms with Crippen molar-refractivity contribution in [2.45, 2.75) is 18.2 Å². The zero-order valence-corrected chi connectivity index (χ0v) is 14.9. The van der Waals surface area contributed by atoms with Crippen LogP contribution < -0.4 is 4.74 Å². The lowest BCUT2D eigenvalue weighted by Crippen LogP contribution is -2.50. The number of nitrogens with zero attached hydrogens (tertiary/aromatic N) is 2. The average molecular weight is 431 g/mol. The van der Waals surface area contributed by atoms with E-state index in [1.165, 1.54) is 17.9 Å². The highest BCUT2D eigenvalue weighted by molar-refractivity contribution is 9.10. The molecule has 24 heavy (non-hydrogen) atoms. The lowest BCUT2D eigenvalue weighted by molar-refractivity contribution is -0.275. The van der Waals surface area contributed by atoms with Gasteiger partial charge in [-0.15, -0.1) is 13.2 Å². The van der Waals surface area contributed by atoms with Crippen LogP contribution in [0.15, 0.2) is 27.6 Å². The highest BCUT2D eigenvalue weighted by Gasteiger charge is 2.36. The van der Waals surface area contributed by atoms with Crippen LogP contribution in [0.4, 0.5) is 13.2 Å². The summed E-state index contributed by atoms with van der Waals surface area (Å²) in [6.45, 7) is 1.74. The molecule has 1 aliphatic heterocycles. The molecule has 0 radical (unpaired) electrons. The summed E-state index contributed by atoms with van der Waals surface area (Å²) in [4.78, 5) is 12.2. The largest absolute Gasteiger partial charge is 0.573 e. The maximum Gasteiger partial charge on any atom is 0.573 e. The fourth-order valence-electron chi connectivity index (χ4n) is 2.28. The molecular formula is C13H14BrF3N2O4S. The van der Waals surface area contributed by atoms with Crippen molar-refractivity contribution in [1.29, 1.82) is 0 Å². The molecule has 6 nitrogen and oxygen atoms in total. The summed E-state index contributed by atoms with van der Waals surface area (Å²) in [5, 5.41) is 0. The van der Waals surface area contributed by atoms with Gasteiger partial charge < -0.3 is 9.64 Å². The monoisotopic (exact) mass is 430 g/mol. The van der Waals surface area contributed by atoms with Gasteiger partial charge in [0.05, 0.1) is 0 Å². The van der Waals surface area contributed by atoms with Gasteiger partial charge in [0.2, 0.25) is 15.9 Å². The molecule has 1 saturated heterocycles. The van der Waals surface area contributed by atoms with E-state index < -0.39 is 27.0 Å². The number of carbonyl (C=O) groups excluding carboxylic acids is 1. The van der Waals surface area contributed by atoms with Crippen LogP contribution in [-0.2, 0) is 14.8 Å². The van der Waals surface area contributed by atoms with Crippen molar-refractivity contribution in [1.82, 2.24) is 9.21 Å². The normalized spacial score (nSPS) is 17.0. The van der Waals surface area contributed by atoms with E-state index in [0.29, 0.717) is 0 Å². The van der Waals surface area contributed by atoms with Crippen LogP contribution in [0.2, 0.25) is 0 Å². The van der Waals surface area contributed by atoms with Crippen LogP contribution in [0, 0.1) is 0 Å². The number of carbonyl (C=O) groups is 1. The molecule has 0 aromatic heterocycles. The quantitative estimate of drug-likeness (QED) is 0.736. The molecular weight excluding hydrogens is 417 g/mol. The van der Waals surface area contributed by atoms with E-state index in [9.17, 15) is 26.4 Å². The second-order valence-corrected chi connectivity index (χ2v) is 7.87. The van der Waals surface area contributed by atoms with Crippen molar-refractivity contribution in [2.75, 3.05) is 26.2 Å². The molecule has 0 saturated carbocycles. The highest BCUT2D eigenvalue weighted by atomic mass is 79.9. The third-order valence-corrected chi connectivity index (χ3v) is 5.86. The number of piperazine rings is 1. The number of halogens is 4. The number of hydrogen-bond acceptors (Lipinski definition) is 4. The Bertz CT molecular complexity index is 731. The first kappa shape index (κ1) is 19.0. The molecule has 0 spiro atoms. The van der Waals surface area contributed by atoms with Crippen LogP contribution in [0.3, 0.4) is 0 Å². The summed E-state index contributed by atoms with van der Waals surface area (Å²) < 4.78 is 68.0. The number of hydrogen-bond donors (Lipinski definition) is 0. The summed E-state index contributed by atoms with van der Waals surface area (Å²) in [5.74, 6) is -0.984. The third kappa shape index (κ3) is 4.39. The van der Waals surface area contributed by atoms with Gasteiger partial charge in [-0.05, 0) is 18.2 Å². The van der Waals surface area contributed by atoms with E-state index in [-0.39, 0.29) is 36.6 Å². The summed E-state index contributed by atoms with van der Waals surface area (Å²) in [5.41, 5.74) is 0. The Morgan fingerprint density at radius 1 is 1.21 bits per heavy atom. The first-order chi connectivity index (χ1) is 11.0. The van der Waals surface area contributed by atoms with Crippen molar-refractivity contribution in [3.05, 3.63) is 22.7 Å². The molecule has 2 rings (SSSR count). The zero-order valence-electron chi connectivity index (χ0n) is 12.5. The lowest BCUT2D eigenvalue weighted by Gasteiger charge is -2.33. The fraction of sp³-hybridized carbons (Fsp3) is 0.462. The van der Waals surface area contributed by atoms with E-state index in [0.717, 1.165) is 16.4 Å². The van der Waals surface area contributed by atoms with Gasteiger partial charge in [-0.25, -0.2) is 8.42 Å². The standard InChI is InChI=1S/C13H14BrF3N2O4S/c1-9(20)18-4-6-19(7-5-18)24(21,22)12-3-2-10(14)8-11(12)23-13(15,16)17/h2-3,8H,4-7H2,1H3. The van der Waals surface area contributed by atoms with Gasteiger partial charge in [0, 0.05) is 37.6 Å². The molecule has 0 unspecified atom stereocenters. The summed E-state index contributed by atoms with van der Waals surface area (Å²) in [7, 11) is -4.18. The van der Waals surface area contributed by atoms with Crippen LogP contribution in [0.1, 0.15) is 6.92 Å². The molecule has 0 N–H and O–H groups in total. The minimum Gasteiger partial charge on any atom is -0.404 e. The molecule has 1 aromatic carbocycles. The molecule has 1 aliphatic rings. The van der Waals surface area contributed by atoms with Crippen LogP contribution in [0.5, 0.6) is 5.75 Å². The van der Waals surface area contributed by atoms with Crippen LogP contribution in [-0.4, -0.2) is 56.1 Å². The number of rotatable bonds is 3. The Hall–Kier alpha value is -1.33. The molecule has 1 aromatic rings. The van der Waals surface area contributed by atoms with Crippen molar-refractivity contribution in [3.8, 4) is 5.75 Å². The number of ether oxygens (including phenoxy) is 1. The average Bonchev–Trinajstić information content (AvgIpc) is 2.45. The number of alkyl halides is 3. The first-order valence-corrected chi connectivity index (χ1v) is 9.05. The molecule has 134 valence electrons. The maximum atomic E-state index is 12.6. The second kappa shape index (κ2) is 6.89. The summed E-state index contributed by atoms with van der Waals surface area (Å²) >= 11 is 2.99. The Labute approximate surface area is 145 Å². The molecule has 1 heterocycles. The van der Waals surface area contributed by atoms with Gasteiger partial charge in [0.1, 0.15) is 4.90 Å². The molecule has 0 atom stereocenters. The molecule has 0 aliphatic carbocycles. The van der Waals surface area contributed by atoms with Crippen LogP contribution >= 0.6 is 15.9 Å². The molecule has 1 amide bonds. The predicted octanol–water partition coefficient (Wildman–Crippen LogP) is 2.20. The Morgan fingerprint density at radius 2 is 1.79 bits per heavy atom. The predicted molar refractivity (Wildman–Crippen MR) is 81.8 cm³/mol. The molecule has 11 heteroatoms. The minimum absolute atomic E-state index is 0.00341. The lowest BCUT2D eigenvalue weighted by atomic mass is 10.3. The van der Waals surface area contributed by atoms with Gasteiger partial charge >= 0.3 is 6.36 Å². The van der Waals surface area contributed by atoms with E-state index in [2.05, 4.69) is 20.7 Å². The number of benzene rings is 1. The van der Waals surface area contributed by atoms with Gasteiger partial charge in [0.15, 0.2) is 5.75 Å². The van der Waals surface area contributed by atoms with Crippen molar-refractivity contribution in [3.63, 3.8) is 0 Å². The molecule has 0 bridgehead atoms. The van der Waals surface area contributed by atoms with Crippen molar-refractivity contribution < 1.29 is 31.1 Å². The minimum atomic E-state index is -5.02. The number of sulfonamides is 1. The van der Waals surface area contributed by atoms with Crippen LogP contribution in [0.25, 0.3) is 0 Å². The van der Waals surface area contributed by atoms with Gasteiger partial charge in [-0.2, -0.15) is 4.31 Å². The van der Waals surface area contributed by atoms with E-state index in [1.54, 1.807) is 0 Å². The first-order valence-electron chi connectivity index (χ1n) is 6.81. The topological polar surface area (TPSA) is 66.9 Å². The van der Waals surface area contributed by atoms with Crippen molar-refractivity contribution in [2.24, 2.45) is 0 Å². The SMILES string of the molecule is CC(=O)N1CCN(S(=O)(=O)c2ccc(Br)cc2OC(F)(F)F)CC1.